The first-order valence-corrected chi connectivity index (χ1v) is 8.71. The Morgan fingerprint density at radius 2 is 1.80 bits per heavy atom. The molecule has 1 aromatic heterocycles. The molecular weight excluding hydrogens is 336 g/mol. The molecule has 0 bridgehead atoms. The zero-order valence-electron chi connectivity index (χ0n) is 14.0. The van der Waals surface area contributed by atoms with Gasteiger partial charge in [0.25, 0.3) is 5.56 Å². The van der Waals surface area contributed by atoms with Gasteiger partial charge in [-0.05, 0) is 37.4 Å². The molecule has 0 unspecified atom stereocenters. The summed E-state index contributed by atoms with van der Waals surface area (Å²) in [7, 11) is 2.13. The molecule has 0 amide bonds. The van der Waals surface area contributed by atoms with Crippen molar-refractivity contribution in [3.63, 3.8) is 0 Å². The van der Waals surface area contributed by atoms with Crippen molar-refractivity contribution in [3.05, 3.63) is 64.2 Å². The van der Waals surface area contributed by atoms with Gasteiger partial charge in [-0.3, -0.25) is 9.36 Å². The number of rotatable bonds is 2. The zero-order valence-corrected chi connectivity index (χ0v) is 14.8. The Morgan fingerprint density at radius 1 is 1.04 bits per heavy atom. The minimum absolute atomic E-state index is 0.103. The van der Waals surface area contributed by atoms with Crippen molar-refractivity contribution in [3.8, 4) is 5.69 Å². The number of benzene rings is 2. The van der Waals surface area contributed by atoms with Crippen molar-refractivity contribution in [1.29, 1.82) is 0 Å². The minimum Gasteiger partial charge on any atom is -0.369 e. The van der Waals surface area contributed by atoms with E-state index in [0.717, 1.165) is 31.9 Å². The Morgan fingerprint density at radius 3 is 2.56 bits per heavy atom. The molecule has 6 heteroatoms. The highest BCUT2D eigenvalue weighted by Crippen LogP contribution is 2.22. The van der Waals surface area contributed by atoms with Gasteiger partial charge in [0, 0.05) is 31.9 Å². The molecule has 0 N–H and O–H groups in total. The van der Waals surface area contributed by atoms with Crippen LogP contribution in [0.15, 0.2) is 53.6 Å². The molecule has 0 aliphatic carbocycles. The van der Waals surface area contributed by atoms with Crippen LogP contribution in [0.2, 0.25) is 5.02 Å². The predicted octanol–water partition coefficient (Wildman–Crippen LogP) is 2.79. The summed E-state index contributed by atoms with van der Waals surface area (Å²) in [6.45, 7) is 3.96. The number of anilines is 1. The number of likely N-dealkylation sites (N-methyl/N-ethyl adjacent to an activating group) is 1. The second kappa shape index (κ2) is 6.50. The fourth-order valence-electron chi connectivity index (χ4n) is 3.19. The van der Waals surface area contributed by atoms with Crippen LogP contribution in [-0.2, 0) is 0 Å². The normalized spacial score (nSPS) is 15.7. The maximum atomic E-state index is 13.0. The van der Waals surface area contributed by atoms with Crippen LogP contribution >= 0.6 is 11.6 Å². The molecule has 2 heterocycles. The standard InChI is InChI=1S/C19H19ClN4O/c1-22-8-10-23(11-9-22)14-6-7-17-15(12-14)19(25)24(13-21-17)18-5-3-2-4-16(18)20/h2-7,12-13H,8-11H2,1H3. The summed E-state index contributed by atoms with van der Waals surface area (Å²) in [6, 6.07) is 13.2. The summed E-state index contributed by atoms with van der Waals surface area (Å²) in [5.74, 6) is 0. The number of piperazine rings is 1. The molecule has 3 aromatic rings. The molecule has 1 fully saturated rings. The van der Waals surface area contributed by atoms with Gasteiger partial charge < -0.3 is 9.80 Å². The maximum absolute atomic E-state index is 13.0. The van der Waals surface area contributed by atoms with E-state index in [1.54, 1.807) is 12.4 Å². The predicted molar refractivity (Wildman–Crippen MR) is 102 cm³/mol. The van der Waals surface area contributed by atoms with E-state index in [2.05, 4.69) is 21.8 Å². The number of hydrogen-bond acceptors (Lipinski definition) is 4. The van der Waals surface area contributed by atoms with Gasteiger partial charge in [0.05, 0.1) is 21.6 Å². The highest BCUT2D eigenvalue weighted by atomic mass is 35.5. The van der Waals surface area contributed by atoms with Gasteiger partial charge in [-0.2, -0.15) is 0 Å². The van der Waals surface area contributed by atoms with Gasteiger partial charge >= 0.3 is 0 Å². The number of fused-ring (bicyclic) bond motifs is 1. The Bertz CT molecular complexity index is 977. The topological polar surface area (TPSA) is 41.4 Å². The first kappa shape index (κ1) is 16.1. The first-order valence-electron chi connectivity index (χ1n) is 8.33. The van der Waals surface area contributed by atoms with Gasteiger partial charge in [-0.1, -0.05) is 23.7 Å². The van der Waals surface area contributed by atoms with Crippen LogP contribution in [0, 0.1) is 0 Å². The molecule has 0 spiro atoms. The smallest absolute Gasteiger partial charge is 0.265 e. The van der Waals surface area contributed by atoms with E-state index in [9.17, 15) is 4.79 Å². The van der Waals surface area contributed by atoms with Crippen molar-refractivity contribution in [2.45, 2.75) is 0 Å². The Balaban J connectivity index is 1.80. The summed E-state index contributed by atoms with van der Waals surface area (Å²) in [4.78, 5) is 22.1. The van der Waals surface area contributed by atoms with E-state index in [0.29, 0.717) is 21.6 Å². The second-order valence-electron chi connectivity index (χ2n) is 6.36. The molecule has 0 saturated carbocycles. The Kier molecular flexibility index (Phi) is 4.19. The van der Waals surface area contributed by atoms with Crippen LogP contribution in [0.4, 0.5) is 5.69 Å². The third-order valence-corrected chi connectivity index (χ3v) is 5.04. The Hall–Kier alpha value is -2.37. The zero-order chi connectivity index (χ0) is 17.4. The lowest BCUT2D eigenvalue weighted by atomic mass is 10.2. The molecule has 128 valence electrons. The second-order valence-corrected chi connectivity index (χ2v) is 6.77. The van der Waals surface area contributed by atoms with Crippen LogP contribution in [0.3, 0.4) is 0 Å². The van der Waals surface area contributed by atoms with Crippen LogP contribution in [0.5, 0.6) is 0 Å². The third kappa shape index (κ3) is 3.01. The Labute approximate surface area is 151 Å². The molecule has 4 rings (SSSR count). The molecule has 0 radical (unpaired) electrons. The van der Waals surface area contributed by atoms with Gasteiger partial charge in [0.1, 0.15) is 6.33 Å². The number of halogens is 1. The average molecular weight is 355 g/mol. The number of para-hydroxylation sites is 1. The summed E-state index contributed by atoms with van der Waals surface area (Å²) in [5.41, 5.74) is 2.31. The van der Waals surface area contributed by atoms with Gasteiger partial charge in [-0.15, -0.1) is 0 Å². The van der Waals surface area contributed by atoms with E-state index < -0.39 is 0 Å². The minimum atomic E-state index is -0.103. The molecule has 25 heavy (non-hydrogen) atoms. The lowest BCUT2D eigenvalue weighted by Crippen LogP contribution is -2.44. The third-order valence-electron chi connectivity index (χ3n) is 4.72. The molecule has 1 aliphatic heterocycles. The van der Waals surface area contributed by atoms with Crippen LogP contribution in [-0.4, -0.2) is 47.7 Å². The number of hydrogen-bond donors (Lipinski definition) is 0. The fraction of sp³-hybridized carbons (Fsp3) is 0.263. The lowest BCUT2D eigenvalue weighted by Gasteiger charge is -2.34. The van der Waals surface area contributed by atoms with Crippen molar-refractivity contribution in [2.75, 3.05) is 38.1 Å². The molecular formula is C19H19ClN4O. The van der Waals surface area contributed by atoms with E-state index in [-0.39, 0.29) is 5.56 Å². The van der Waals surface area contributed by atoms with E-state index >= 15 is 0 Å². The van der Waals surface area contributed by atoms with E-state index in [1.807, 2.05) is 36.4 Å². The monoisotopic (exact) mass is 354 g/mol. The summed E-state index contributed by atoms with van der Waals surface area (Å²) >= 11 is 6.25. The van der Waals surface area contributed by atoms with Gasteiger partial charge in [0.2, 0.25) is 0 Å². The summed E-state index contributed by atoms with van der Waals surface area (Å²) in [5, 5.41) is 1.14. The van der Waals surface area contributed by atoms with Crippen LogP contribution in [0.1, 0.15) is 0 Å². The highest BCUT2D eigenvalue weighted by Gasteiger charge is 2.16. The van der Waals surface area contributed by atoms with Crippen LogP contribution < -0.4 is 10.5 Å². The molecule has 5 nitrogen and oxygen atoms in total. The molecule has 0 atom stereocenters. The van der Waals surface area contributed by atoms with Crippen molar-refractivity contribution >= 4 is 28.2 Å². The number of aromatic nitrogens is 2. The largest absolute Gasteiger partial charge is 0.369 e. The average Bonchev–Trinajstić information content (AvgIpc) is 2.63. The van der Waals surface area contributed by atoms with E-state index in [4.69, 9.17) is 11.6 Å². The van der Waals surface area contributed by atoms with Crippen molar-refractivity contribution < 1.29 is 0 Å². The van der Waals surface area contributed by atoms with Crippen molar-refractivity contribution in [1.82, 2.24) is 14.5 Å². The molecule has 2 aromatic carbocycles. The highest BCUT2D eigenvalue weighted by molar-refractivity contribution is 6.32. The van der Waals surface area contributed by atoms with Crippen molar-refractivity contribution in [2.24, 2.45) is 0 Å². The SMILES string of the molecule is CN1CCN(c2ccc3ncn(-c4ccccc4Cl)c(=O)c3c2)CC1. The summed E-state index contributed by atoms with van der Waals surface area (Å²) in [6.07, 6.45) is 1.54. The fourth-order valence-corrected chi connectivity index (χ4v) is 3.42. The lowest BCUT2D eigenvalue weighted by molar-refractivity contribution is 0.313. The molecule has 1 saturated heterocycles. The summed E-state index contributed by atoms with van der Waals surface area (Å²) < 4.78 is 1.51. The molecule has 1 aliphatic rings. The van der Waals surface area contributed by atoms with E-state index in [1.165, 1.54) is 4.57 Å². The maximum Gasteiger partial charge on any atom is 0.265 e. The number of nitrogens with zero attached hydrogens (tertiary/aromatic N) is 4. The van der Waals surface area contributed by atoms with Crippen LogP contribution in [0.25, 0.3) is 16.6 Å². The van der Waals surface area contributed by atoms with Gasteiger partial charge in [-0.25, -0.2) is 4.98 Å². The quantitative estimate of drug-likeness (QED) is 0.709. The van der Waals surface area contributed by atoms with Gasteiger partial charge in [0.15, 0.2) is 0 Å². The first-order chi connectivity index (χ1) is 12.1.